The standard InChI is InChI=1S/C12H15N3.2ClH/c1-8-3-9-4-11(10-6-13-7-10)15(2)12(9)14-5-8;;/h3-5,10,13H,6-7H2,1-2H3;2*1H. The van der Waals surface area contributed by atoms with E-state index in [-0.39, 0.29) is 24.8 Å². The molecule has 17 heavy (non-hydrogen) atoms. The zero-order chi connectivity index (χ0) is 10.4. The van der Waals surface area contributed by atoms with Crippen LogP contribution >= 0.6 is 24.8 Å². The molecule has 3 heterocycles. The summed E-state index contributed by atoms with van der Waals surface area (Å²) in [4.78, 5) is 4.48. The molecule has 94 valence electrons. The highest BCUT2D eigenvalue weighted by Gasteiger charge is 2.22. The molecule has 0 bridgehead atoms. The molecule has 1 aliphatic rings. The Morgan fingerprint density at radius 2 is 2.00 bits per heavy atom. The maximum Gasteiger partial charge on any atom is 0.139 e. The molecule has 3 nitrogen and oxygen atoms in total. The lowest BCUT2D eigenvalue weighted by Crippen LogP contribution is -2.40. The minimum Gasteiger partial charge on any atom is -0.332 e. The predicted octanol–water partition coefficient (Wildman–Crippen LogP) is 2.41. The number of nitrogens with one attached hydrogen (secondary N) is 1. The number of aromatic nitrogens is 2. The van der Waals surface area contributed by atoms with Gasteiger partial charge >= 0.3 is 0 Å². The molecule has 0 amide bonds. The highest BCUT2D eigenvalue weighted by atomic mass is 35.5. The van der Waals surface area contributed by atoms with E-state index >= 15 is 0 Å². The third-order valence-electron chi connectivity index (χ3n) is 3.24. The van der Waals surface area contributed by atoms with Crippen LogP contribution in [0.1, 0.15) is 17.2 Å². The van der Waals surface area contributed by atoms with Gasteiger partial charge in [-0.2, -0.15) is 0 Å². The lowest BCUT2D eigenvalue weighted by Gasteiger charge is -2.27. The van der Waals surface area contributed by atoms with Crippen LogP contribution in [0.15, 0.2) is 18.3 Å². The van der Waals surface area contributed by atoms with Crippen molar-refractivity contribution in [2.45, 2.75) is 12.8 Å². The third-order valence-corrected chi connectivity index (χ3v) is 3.24. The van der Waals surface area contributed by atoms with Gasteiger partial charge in [0.25, 0.3) is 0 Å². The van der Waals surface area contributed by atoms with Gasteiger partial charge in [0.2, 0.25) is 0 Å². The normalized spacial score (nSPS) is 14.9. The van der Waals surface area contributed by atoms with Crippen molar-refractivity contribution in [2.24, 2.45) is 7.05 Å². The Balaban J connectivity index is 0.000000722. The van der Waals surface area contributed by atoms with Crippen molar-refractivity contribution in [3.63, 3.8) is 0 Å². The maximum absolute atomic E-state index is 4.48. The second-order valence-electron chi connectivity index (χ2n) is 4.41. The largest absolute Gasteiger partial charge is 0.332 e. The monoisotopic (exact) mass is 273 g/mol. The SMILES string of the molecule is Cc1cnc2c(c1)cc(C1CNC1)n2C.Cl.Cl. The van der Waals surface area contributed by atoms with Gasteiger partial charge in [-0.25, -0.2) is 4.98 Å². The lowest BCUT2D eigenvalue weighted by atomic mass is 9.99. The zero-order valence-electron chi connectivity index (χ0n) is 9.93. The molecule has 1 N–H and O–H groups in total. The summed E-state index contributed by atoms with van der Waals surface area (Å²) in [5.74, 6) is 0.671. The first-order valence-electron chi connectivity index (χ1n) is 5.38. The van der Waals surface area contributed by atoms with Gasteiger partial charge in [-0.15, -0.1) is 24.8 Å². The van der Waals surface area contributed by atoms with E-state index in [1.807, 2.05) is 6.20 Å². The number of aryl methyl sites for hydroxylation is 2. The Morgan fingerprint density at radius 1 is 1.29 bits per heavy atom. The van der Waals surface area contributed by atoms with Gasteiger partial charge < -0.3 is 9.88 Å². The van der Waals surface area contributed by atoms with Gasteiger partial charge in [-0.05, 0) is 24.6 Å². The molecule has 2 aromatic heterocycles. The molecule has 3 rings (SSSR count). The summed E-state index contributed by atoms with van der Waals surface area (Å²) in [5.41, 5.74) is 3.73. The highest BCUT2D eigenvalue weighted by Crippen LogP contribution is 2.26. The first-order chi connectivity index (χ1) is 7.25. The van der Waals surface area contributed by atoms with Crippen LogP contribution in [-0.2, 0) is 7.05 Å². The molecule has 0 radical (unpaired) electrons. The molecule has 1 aliphatic heterocycles. The van der Waals surface area contributed by atoms with Crippen LogP contribution in [0, 0.1) is 6.92 Å². The first-order valence-corrected chi connectivity index (χ1v) is 5.38. The molecule has 0 atom stereocenters. The van der Waals surface area contributed by atoms with Gasteiger partial charge in [0, 0.05) is 43.3 Å². The van der Waals surface area contributed by atoms with Crippen LogP contribution in [0.4, 0.5) is 0 Å². The fraction of sp³-hybridized carbons (Fsp3) is 0.417. The predicted molar refractivity (Wildman–Crippen MR) is 75.6 cm³/mol. The Bertz CT molecular complexity index is 518. The van der Waals surface area contributed by atoms with Crippen LogP contribution in [0.2, 0.25) is 0 Å². The van der Waals surface area contributed by atoms with Gasteiger partial charge in [0.05, 0.1) is 0 Å². The van der Waals surface area contributed by atoms with Crippen molar-refractivity contribution >= 4 is 35.8 Å². The Hall–Kier alpha value is -0.770. The third kappa shape index (κ3) is 2.28. The number of rotatable bonds is 1. The number of fused-ring (bicyclic) bond motifs is 1. The van der Waals surface area contributed by atoms with Crippen LogP contribution in [0.3, 0.4) is 0 Å². The van der Waals surface area contributed by atoms with Crippen molar-refractivity contribution in [3.8, 4) is 0 Å². The Labute approximate surface area is 113 Å². The molecule has 1 saturated heterocycles. The first kappa shape index (κ1) is 14.3. The Kier molecular flexibility index (Phi) is 4.42. The second-order valence-corrected chi connectivity index (χ2v) is 4.41. The van der Waals surface area contributed by atoms with Gasteiger partial charge in [-0.3, -0.25) is 0 Å². The van der Waals surface area contributed by atoms with Crippen LogP contribution < -0.4 is 5.32 Å². The summed E-state index contributed by atoms with van der Waals surface area (Å²) < 4.78 is 2.22. The fourth-order valence-corrected chi connectivity index (χ4v) is 2.24. The summed E-state index contributed by atoms with van der Waals surface area (Å²) in [6, 6.07) is 4.48. The lowest BCUT2D eigenvalue weighted by molar-refractivity contribution is 0.432. The summed E-state index contributed by atoms with van der Waals surface area (Å²) in [5, 5.41) is 4.57. The molecule has 0 unspecified atom stereocenters. The van der Waals surface area contributed by atoms with Crippen LogP contribution in [0.5, 0.6) is 0 Å². The molecule has 1 fully saturated rings. The quantitative estimate of drug-likeness (QED) is 0.865. The van der Waals surface area contributed by atoms with Crippen molar-refractivity contribution in [3.05, 3.63) is 29.6 Å². The molecule has 0 aromatic carbocycles. The topological polar surface area (TPSA) is 29.9 Å². The number of pyridine rings is 1. The van der Waals surface area contributed by atoms with Crippen molar-refractivity contribution in [1.82, 2.24) is 14.9 Å². The van der Waals surface area contributed by atoms with E-state index in [1.165, 1.54) is 16.6 Å². The number of halogens is 2. The summed E-state index contributed by atoms with van der Waals surface area (Å²) in [6.07, 6.45) is 1.94. The highest BCUT2D eigenvalue weighted by molar-refractivity contribution is 5.85. The number of nitrogens with zero attached hydrogens (tertiary/aromatic N) is 2. The molecule has 0 saturated carbocycles. The van der Waals surface area contributed by atoms with E-state index in [9.17, 15) is 0 Å². The van der Waals surface area contributed by atoms with Crippen molar-refractivity contribution in [1.29, 1.82) is 0 Å². The Morgan fingerprint density at radius 3 is 2.59 bits per heavy atom. The van der Waals surface area contributed by atoms with Crippen LogP contribution in [0.25, 0.3) is 11.0 Å². The summed E-state index contributed by atoms with van der Waals surface area (Å²) in [7, 11) is 2.11. The van der Waals surface area contributed by atoms with E-state index in [4.69, 9.17) is 0 Å². The zero-order valence-corrected chi connectivity index (χ0v) is 11.6. The smallest absolute Gasteiger partial charge is 0.139 e. The number of hydrogen-bond donors (Lipinski definition) is 1. The molecule has 0 aliphatic carbocycles. The van der Waals surface area contributed by atoms with E-state index < -0.39 is 0 Å². The maximum atomic E-state index is 4.48. The molecule has 5 heteroatoms. The molecular weight excluding hydrogens is 257 g/mol. The number of hydrogen-bond acceptors (Lipinski definition) is 2. The molecule has 2 aromatic rings. The minimum atomic E-state index is 0. The average Bonchev–Trinajstić information content (AvgIpc) is 2.41. The van der Waals surface area contributed by atoms with E-state index in [2.05, 4.69) is 41.0 Å². The van der Waals surface area contributed by atoms with E-state index in [0.29, 0.717) is 5.92 Å². The average molecular weight is 274 g/mol. The molecular formula is C12H17Cl2N3. The summed E-state index contributed by atoms with van der Waals surface area (Å²) in [6.45, 7) is 4.29. The second kappa shape index (κ2) is 5.25. The van der Waals surface area contributed by atoms with E-state index in [0.717, 1.165) is 18.7 Å². The van der Waals surface area contributed by atoms with E-state index in [1.54, 1.807) is 0 Å². The van der Waals surface area contributed by atoms with Gasteiger partial charge in [0.15, 0.2) is 0 Å². The minimum absolute atomic E-state index is 0. The van der Waals surface area contributed by atoms with Gasteiger partial charge in [0.1, 0.15) is 5.65 Å². The van der Waals surface area contributed by atoms with Gasteiger partial charge in [-0.1, -0.05) is 0 Å². The summed E-state index contributed by atoms with van der Waals surface area (Å²) >= 11 is 0. The fourth-order valence-electron chi connectivity index (χ4n) is 2.24. The van der Waals surface area contributed by atoms with Crippen molar-refractivity contribution in [2.75, 3.05) is 13.1 Å². The van der Waals surface area contributed by atoms with Crippen molar-refractivity contribution < 1.29 is 0 Å². The molecule has 0 spiro atoms. The van der Waals surface area contributed by atoms with Crippen LogP contribution in [-0.4, -0.2) is 22.6 Å².